The highest BCUT2D eigenvalue weighted by Crippen LogP contribution is 2.28. The van der Waals surface area contributed by atoms with E-state index in [9.17, 15) is 20.0 Å². The Bertz CT molecular complexity index is 508. The number of hydrogen-bond acceptors (Lipinski definition) is 5. The molecule has 19 heavy (non-hydrogen) atoms. The van der Waals surface area contributed by atoms with E-state index in [4.69, 9.17) is 5.73 Å². The highest BCUT2D eigenvalue weighted by molar-refractivity contribution is 5.96. The van der Waals surface area contributed by atoms with Gasteiger partial charge < -0.3 is 16.2 Å². The van der Waals surface area contributed by atoms with Crippen LogP contribution in [0.5, 0.6) is 5.75 Å². The Morgan fingerprint density at radius 3 is 2.47 bits per heavy atom. The van der Waals surface area contributed by atoms with Gasteiger partial charge in [0.1, 0.15) is 5.75 Å². The molecule has 0 spiro atoms. The molecule has 4 N–H and O–H groups in total. The summed E-state index contributed by atoms with van der Waals surface area (Å²) in [4.78, 5) is 21.7. The average Bonchev–Trinajstić information content (AvgIpc) is 2.29. The number of rotatable bonds is 3. The standard InChI is InChI=1S/C12H17N3O4/c1-12(2,3)10(13)11(17)14-8-5-4-7(15(18)19)6-9(8)16/h4-6,10,16H,13H2,1-3H3,(H,14,17). The summed E-state index contributed by atoms with van der Waals surface area (Å²) >= 11 is 0. The van der Waals surface area contributed by atoms with Crippen LogP contribution in [-0.2, 0) is 4.79 Å². The zero-order valence-corrected chi connectivity index (χ0v) is 11.0. The molecule has 0 heterocycles. The summed E-state index contributed by atoms with van der Waals surface area (Å²) < 4.78 is 0. The average molecular weight is 267 g/mol. The van der Waals surface area contributed by atoms with Crippen molar-refractivity contribution in [2.24, 2.45) is 11.1 Å². The summed E-state index contributed by atoms with van der Waals surface area (Å²) in [5.74, 6) is -0.833. The van der Waals surface area contributed by atoms with Crippen molar-refractivity contribution in [1.29, 1.82) is 0 Å². The fourth-order valence-corrected chi connectivity index (χ4v) is 1.34. The Kier molecular flexibility index (Phi) is 4.10. The highest BCUT2D eigenvalue weighted by Gasteiger charge is 2.28. The van der Waals surface area contributed by atoms with Crippen molar-refractivity contribution >= 4 is 17.3 Å². The zero-order valence-electron chi connectivity index (χ0n) is 11.0. The van der Waals surface area contributed by atoms with Crippen LogP contribution in [0.15, 0.2) is 18.2 Å². The largest absolute Gasteiger partial charge is 0.506 e. The number of nitrogens with two attached hydrogens (primary N) is 1. The molecule has 0 fully saturated rings. The van der Waals surface area contributed by atoms with Crippen LogP contribution in [0.2, 0.25) is 0 Å². The lowest BCUT2D eigenvalue weighted by Gasteiger charge is -2.25. The number of aromatic hydroxyl groups is 1. The first-order valence-corrected chi connectivity index (χ1v) is 5.67. The molecule has 1 amide bonds. The number of amides is 1. The SMILES string of the molecule is CC(C)(C)C(N)C(=O)Nc1ccc([N+](=O)[O-])cc1O. The molecule has 0 aliphatic rings. The van der Waals surface area contributed by atoms with Crippen LogP contribution in [0.3, 0.4) is 0 Å². The van der Waals surface area contributed by atoms with E-state index in [1.54, 1.807) is 0 Å². The van der Waals surface area contributed by atoms with Gasteiger partial charge in [-0.3, -0.25) is 14.9 Å². The monoisotopic (exact) mass is 267 g/mol. The molecule has 1 aromatic rings. The van der Waals surface area contributed by atoms with E-state index in [0.29, 0.717) is 0 Å². The summed E-state index contributed by atoms with van der Waals surface area (Å²) in [6.45, 7) is 5.44. The van der Waals surface area contributed by atoms with E-state index in [1.807, 2.05) is 20.8 Å². The van der Waals surface area contributed by atoms with E-state index < -0.39 is 22.3 Å². The number of phenolic OH excluding ortho intramolecular Hbond substituents is 1. The third-order valence-electron chi connectivity index (χ3n) is 2.67. The van der Waals surface area contributed by atoms with Crippen LogP contribution in [0.1, 0.15) is 20.8 Å². The van der Waals surface area contributed by atoms with Gasteiger partial charge in [-0.25, -0.2) is 0 Å². The number of phenols is 1. The zero-order chi connectivity index (χ0) is 14.8. The molecule has 0 bridgehead atoms. The van der Waals surface area contributed by atoms with Gasteiger partial charge in [0.05, 0.1) is 22.7 Å². The quantitative estimate of drug-likeness (QED) is 0.436. The summed E-state index contributed by atoms with van der Waals surface area (Å²) in [7, 11) is 0. The van der Waals surface area contributed by atoms with Crippen molar-refractivity contribution in [2.45, 2.75) is 26.8 Å². The summed E-state index contributed by atoms with van der Waals surface area (Å²) in [5.41, 5.74) is 5.18. The van der Waals surface area contributed by atoms with Gasteiger partial charge in [0.15, 0.2) is 0 Å². The minimum absolute atomic E-state index is 0.0929. The molecule has 0 radical (unpaired) electrons. The molecule has 1 rings (SSSR count). The first-order valence-electron chi connectivity index (χ1n) is 5.67. The third-order valence-corrected chi connectivity index (χ3v) is 2.67. The first kappa shape index (κ1) is 14.9. The number of nitrogens with one attached hydrogen (secondary N) is 1. The van der Waals surface area contributed by atoms with Crippen LogP contribution >= 0.6 is 0 Å². The second-order valence-corrected chi connectivity index (χ2v) is 5.29. The Labute approximate surface area is 110 Å². The highest BCUT2D eigenvalue weighted by atomic mass is 16.6. The van der Waals surface area contributed by atoms with Crippen LogP contribution in [0, 0.1) is 15.5 Å². The van der Waals surface area contributed by atoms with Crippen molar-refractivity contribution in [2.75, 3.05) is 5.32 Å². The number of nitro groups is 1. The minimum Gasteiger partial charge on any atom is -0.506 e. The summed E-state index contributed by atoms with van der Waals surface area (Å²) in [6.07, 6.45) is 0. The van der Waals surface area contributed by atoms with Crippen molar-refractivity contribution in [3.63, 3.8) is 0 Å². The lowest BCUT2D eigenvalue weighted by atomic mass is 9.87. The van der Waals surface area contributed by atoms with Gasteiger partial charge in [-0.15, -0.1) is 0 Å². The van der Waals surface area contributed by atoms with E-state index in [0.717, 1.165) is 6.07 Å². The van der Waals surface area contributed by atoms with Crippen LogP contribution in [-0.4, -0.2) is 22.0 Å². The second-order valence-electron chi connectivity index (χ2n) is 5.29. The maximum atomic E-state index is 11.8. The Balaban J connectivity index is 2.89. The van der Waals surface area contributed by atoms with Crippen molar-refractivity contribution in [3.8, 4) is 5.75 Å². The van der Waals surface area contributed by atoms with Gasteiger partial charge in [0.2, 0.25) is 5.91 Å². The molecule has 7 heteroatoms. The number of anilines is 1. The Hall–Kier alpha value is -2.15. The molecular weight excluding hydrogens is 250 g/mol. The van der Waals surface area contributed by atoms with Crippen molar-refractivity contribution in [3.05, 3.63) is 28.3 Å². The molecule has 1 unspecified atom stereocenters. The number of non-ortho nitro benzene ring substituents is 1. The smallest absolute Gasteiger partial charge is 0.273 e. The normalized spacial score (nSPS) is 12.8. The molecule has 0 saturated heterocycles. The van der Waals surface area contributed by atoms with E-state index in [1.165, 1.54) is 12.1 Å². The molecular formula is C12H17N3O4. The van der Waals surface area contributed by atoms with Gasteiger partial charge >= 0.3 is 0 Å². The Morgan fingerprint density at radius 1 is 1.47 bits per heavy atom. The molecule has 0 aromatic heterocycles. The summed E-state index contributed by atoms with van der Waals surface area (Å²) in [6, 6.07) is 2.67. The van der Waals surface area contributed by atoms with Crippen molar-refractivity contribution in [1.82, 2.24) is 0 Å². The predicted octanol–water partition coefficient (Wildman–Crippen LogP) is 1.61. The van der Waals surface area contributed by atoms with E-state index >= 15 is 0 Å². The predicted molar refractivity (Wildman–Crippen MR) is 70.8 cm³/mol. The van der Waals surface area contributed by atoms with Crippen LogP contribution in [0.4, 0.5) is 11.4 Å². The Morgan fingerprint density at radius 2 is 2.05 bits per heavy atom. The molecule has 0 aliphatic heterocycles. The number of nitrogens with zero attached hydrogens (tertiary/aromatic N) is 1. The molecule has 1 atom stereocenters. The lowest BCUT2D eigenvalue weighted by Crippen LogP contribution is -2.45. The topological polar surface area (TPSA) is 118 Å². The lowest BCUT2D eigenvalue weighted by molar-refractivity contribution is -0.384. The molecule has 0 aliphatic carbocycles. The van der Waals surface area contributed by atoms with Crippen LogP contribution < -0.4 is 11.1 Å². The first-order chi connectivity index (χ1) is 8.62. The molecule has 7 nitrogen and oxygen atoms in total. The fraction of sp³-hybridized carbons (Fsp3) is 0.417. The molecule has 0 saturated carbocycles. The summed E-state index contributed by atoms with van der Waals surface area (Å²) in [5, 5.41) is 22.6. The van der Waals surface area contributed by atoms with Gasteiger partial charge in [0, 0.05) is 6.07 Å². The number of carbonyl (C=O) groups is 1. The maximum absolute atomic E-state index is 11.8. The number of nitro benzene ring substituents is 1. The number of hydrogen-bond donors (Lipinski definition) is 3. The number of carbonyl (C=O) groups excluding carboxylic acids is 1. The molecule has 104 valence electrons. The van der Waals surface area contributed by atoms with Crippen molar-refractivity contribution < 1.29 is 14.8 Å². The second kappa shape index (κ2) is 5.23. The fourth-order valence-electron chi connectivity index (χ4n) is 1.34. The maximum Gasteiger partial charge on any atom is 0.273 e. The van der Waals surface area contributed by atoms with E-state index in [-0.39, 0.29) is 17.1 Å². The van der Waals surface area contributed by atoms with Gasteiger partial charge in [-0.1, -0.05) is 20.8 Å². The van der Waals surface area contributed by atoms with Crippen LogP contribution in [0.25, 0.3) is 0 Å². The number of benzene rings is 1. The van der Waals surface area contributed by atoms with Gasteiger partial charge in [0.25, 0.3) is 5.69 Å². The minimum atomic E-state index is -0.762. The van der Waals surface area contributed by atoms with Gasteiger partial charge in [-0.05, 0) is 11.5 Å². The third kappa shape index (κ3) is 3.65. The van der Waals surface area contributed by atoms with E-state index in [2.05, 4.69) is 5.32 Å². The van der Waals surface area contributed by atoms with Gasteiger partial charge in [-0.2, -0.15) is 0 Å². The molecule has 1 aromatic carbocycles.